The van der Waals surface area contributed by atoms with E-state index in [1.165, 1.54) is 0 Å². The van der Waals surface area contributed by atoms with E-state index in [1.54, 1.807) is 41.9 Å². The zero-order valence-electron chi connectivity index (χ0n) is 19.3. The summed E-state index contributed by atoms with van der Waals surface area (Å²) in [5, 5.41) is -0.228. The third kappa shape index (κ3) is 3.09. The molecule has 2 N–H and O–H groups in total. The minimum Gasteiger partial charge on any atom is -0.477 e. The van der Waals surface area contributed by atoms with Gasteiger partial charge in [0, 0.05) is 30.8 Å². The molecule has 0 saturated heterocycles. The number of nitrogens with zero attached hydrogens (tertiary/aromatic N) is 4. The molecule has 3 aromatic rings. The molecule has 1 aliphatic carbocycles. The number of Topliss-reactive ketones (excluding diaryl/α,β-unsaturated/α-hetero) is 1. The second-order valence-corrected chi connectivity index (χ2v) is 12.6. The zero-order chi connectivity index (χ0) is 24.8. The van der Waals surface area contributed by atoms with Gasteiger partial charge in [-0.25, -0.2) is 18.4 Å². The molecule has 2 atom stereocenters. The largest absolute Gasteiger partial charge is 0.477 e. The smallest absolute Gasteiger partial charge is 0.219 e. The van der Waals surface area contributed by atoms with Crippen LogP contribution in [0.5, 0.6) is 5.88 Å². The fourth-order valence-electron chi connectivity index (χ4n) is 5.47. The van der Waals surface area contributed by atoms with Gasteiger partial charge in [0.15, 0.2) is 15.6 Å². The first-order chi connectivity index (χ1) is 16.6. The molecule has 0 bridgehead atoms. The van der Waals surface area contributed by atoms with Crippen molar-refractivity contribution < 1.29 is 17.9 Å². The summed E-state index contributed by atoms with van der Waals surface area (Å²) in [5.74, 6) is 0.296. The maximum atomic E-state index is 13.6. The Kier molecular flexibility index (Phi) is 4.67. The van der Waals surface area contributed by atoms with Gasteiger partial charge in [0.05, 0.1) is 22.6 Å². The van der Waals surface area contributed by atoms with E-state index in [9.17, 15) is 13.2 Å². The molecular weight excluding hydrogens is 490 g/mol. The summed E-state index contributed by atoms with van der Waals surface area (Å²) in [6, 6.07) is 5.26. The molecular formula is C24H24ClN5O4S. The standard InChI is InChI=1S/C24H24ClN5O4S/c1-13-20(28-19-4-3-15(25)12-30(13)19)17(31)10-14-9-16-21(27-11-14)34-8-5-18-23(16,2)29-22(26)24(6-7-24)35(18,32)33/h3-4,9,11-12,18H,5-8,10H2,1-2H3,(H2,26,29). The number of hydrogen-bond acceptors (Lipinski definition) is 8. The van der Waals surface area contributed by atoms with Gasteiger partial charge >= 0.3 is 0 Å². The predicted molar refractivity (Wildman–Crippen MR) is 131 cm³/mol. The van der Waals surface area contributed by atoms with Crippen molar-refractivity contribution in [3.63, 3.8) is 0 Å². The molecule has 1 saturated carbocycles. The quantitative estimate of drug-likeness (QED) is 0.533. The molecule has 0 radical (unpaired) electrons. The number of halogens is 1. The van der Waals surface area contributed by atoms with Crippen molar-refractivity contribution in [1.82, 2.24) is 14.4 Å². The molecule has 0 amide bonds. The fourth-order valence-corrected chi connectivity index (χ4v) is 8.37. The van der Waals surface area contributed by atoms with Crippen LogP contribution in [0.1, 0.15) is 53.5 Å². The van der Waals surface area contributed by atoms with Crippen LogP contribution >= 0.6 is 11.6 Å². The zero-order valence-corrected chi connectivity index (χ0v) is 20.9. The molecule has 1 fully saturated rings. The van der Waals surface area contributed by atoms with Gasteiger partial charge in [-0.3, -0.25) is 9.79 Å². The summed E-state index contributed by atoms with van der Waals surface area (Å²) < 4.78 is 33.8. The van der Waals surface area contributed by atoms with Crippen LogP contribution in [0.2, 0.25) is 5.02 Å². The first kappa shape index (κ1) is 22.5. The van der Waals surface area contributed by atoms with Gasteiger partial charge in [-0.1, -0.05) is 11.6 Å². The molecule has 3 aliphatic rings. The average Bonchev–Trinajstić information content (AvgIpc) is 3.58. The van der Waals surface area contributed by atoms with Crippen LogP contribution in [0.3, 0.4) is 0 Å². The van der Waals surface area contributed by atoms with E-state index in [2.05, 4.69) is 9.97 Å². The number of nitrogens with two attached hydrogens (primary N) is 1. The highest BCUT2D eigenvalue weighted by Crippen LogP contribution is 2.55. The van der Waals surface area contributed by atoms with Gasteiger partial charge < -0.3 is 14.9 Å². The van der Waals surface area contributed by atoms with Crippen LogP contribution in [-0.4, -0.2) is 51.0 Å². The Balaban J connectivity index is 1.40. The summed E-state index contributed by atoms with van der Waals surface area (Å²) in [6.07, 6.45) is 4.63. The number of carbonyl (C=O) groups excluding carboxylic acids is 1. The maximum Gasteiger partial charge on any atom is 0.219 e. The van der Waals surface area contributed by atoms with Gasteiger partial charge in [-0.05, 0) is 50.5 Å². The van der Waals surface area contributed by atoms with Crippen LogP contribution < -0.4 is 10.5 Å². The number of hydrogen-bond donors (Lipinski definition) is 1. The molecule has 2 unspecified atom stereocenters. The summed E-state index contributed by atoms with van der Waals surface area (Å²) in [5.41, 5.74) is 7.92. The highest BCUT2D eigenvalue weighted by atomic mass is 35.5. The lowest BCUT2D eigenvalue weighted by Gasteiger charge is -2.40. The third-order valence-corrected chi connectivity index (χ3v) is 11.0. The number of fused-ring (bicyclic) bond motifs is 4. The number of rotatable bonds is 3. The predicted octanol–water partition coefficient (Wildman–Crippen LogP) is 2.80. The molecule has 3 aromatic heterocycles. The molecule has 182 valence electrons. The Hall–Kier alpha value is -2.98. The van der Waals surface area contributed by atoms with E-state index >= 15 is 0 Å². The Bertz CT molecular complexity index is 1560. The molecule has 5 heterocycles. The number of aromatic nitrogens is 3. The topological polar surface area (TPSA) is 129 Å². The van der Waals surface area contributed by atoms with Gasteiger partial charge in [-0.15, -0.1) is 0 Å². The summed E-state index contributed by atoms with van der Waals surface area (Å²) >= 11 is 6.09. The molecule has 11 heteroatoms. The average molecular weight is 514 g/mol. The number of aliphatic imine (C=N–C) groups is 1. The number of amidine groups is 1. The Morgan fingerprint density at radius 2 is 2.11 bits per heavy atom. The van der Waals surface area contributed by atoms with E-state index < -0.39 is 25.4 Å². The number of pyridine rings is 2. The monoisotopic (exact) mass is 513 g/mol. The second kappa shape index (κ2) is 7.27. The van der Waals surface area contributed by atoms with E-state index in [0.717, 1.165) is 0 Å². The minimum absolute atomic E-state index is 0.0371. The molecule has 6 rings (SSSR count). The summed E-state index contributed by atoms with van der Waals surface area (Å²) in [4.78, 5) is 26.9. The van der Waals surface area contributed by atoms with Crippen LogP contribution in [0.4, 0.5) is 0 Å². The summed E-state index contributed by atoms with van der Waals surface area (Å²) in [6.45, 7) is 3.80. The van der Waals surface area contributed by atoms with Crippen molar-refractivity contribution >= 4 is 38.7 Å². The minimum atomic E-state index is -3.58. The van der Waals surface area contributed by atoms with Crippen LogP contribution in [-0.2, 0) is 21.8 Å². The van der Waals surface area contributed by atoms with Crippen molar-refractivity contribution in [2.45, 2.75) is 55.1 Å². The van der Waals surface area contributed by atoms with E-state index in [0.29, 0.717) is 58.3 Å². The van der Waals surface area contributed by atoms with Gasteiger partial charge in [-0.2, -0.15) is 0 Å². The number of carbonyl (C=O) groups is 1. The number of ether oxygens (including phenoxy) is 1. The normalized spacial score (nSPS) is 25.8. The molecule has 9 nitrogen and oxygen atoms in total. The highest BCUT2D eigenvalue weighted by Gasteiger charge is 2.67. The first-order valence-corrected chi connectivity index (χ1v) is 13.4. The fraction of sp³-hybridized carbons (Fsp3) is 0.417. The van der Waals surface area contributed by atoms with Crippen molar-refractivity contribution in [3.05, 3.63) is 58.1 Å². The van der Waals surface area contributed by atoms with Crippen LogP contribution in [0, 0.1) is 6.92 Å². The SMILES string of the molecule is Cc1c(C(=O)Cc2cnc3c(c2)C2(C)N=C(N)C4(CC4)S(=O)(=O)C2CCO3)nc2ccc(Cl)cn12. The van der Waals surface area contributed by atoms with Crippen molar-refractivity contribution in [3.8, 4) is 5.88 Å². The van der Waals surface area contributed by atoms with Crippen LogP contribution in [0.15, 0.2) is 35.6 Å². The van der Waals surface area contributed by atoms with Gasteiger partial charge in [0.2, 0.25) is 5.88 Å². The van der Waals surface area contributed by atoms with Crippen molar-refractivity contribution in [2.24, 2.45) is 10.7 Å². The van der Waals surface area contributed by atoms with Crippen molar-refractivity contribution in [1.29, 1.82) is 0 Å². The van der Waals surface area contributed by atoms with E-state index in [4.69, 9.17) is 27.1 Å². The molecule has 2 aliphatic heterocycles. The second-order valence-electron chi connectivity index (χ2n) is 9.73. The van der Waals surface area contributed by atoms with Gasteiger partial charge in [0.1, 0.15) is 27.5 Å². The number of sulfone groups is 1. The van der Waals surface area contributed by atoms with Crippen LogP contribution in [0.25, 0.3) is 5.65 Å². The Morgan fingerprint density at radius 3 is 2.86 bits per heavy atom. The molecule has 0 aromatic carbocycles. The molecule has 1 spiro atoms. The number of aryl methyl sites for hydroxylation is 1. The Morgan fingerprint density at radius 1 is 1.34 bits per heavy atom. The lowest BCUT2D eigenvalue weighted by molar-refractivity contribution is 0.0988. The van der Waals surface area contributed by atoms with E-state index in [-0.39, 0.29) is 24.6 Å². The van der Waals surface area contributed by atoms with Crippen molar-refractivity contribution in [2.75, 3.05) is 6.61 Å². The lowest BCUT2D eigenvalue weighted by atomic mass is 9.87. The number of imidazole rings is 1. The highest BCUT2D eigenvalue weighted by molar-refractivity contribution is 7.94. The molecule has 35 heavy (non-hydrogen) atoms. The lowest BCUT2D eigenvalue weighted by Crippen LogP contribution is -2.56. The maximum absolute atomic E-state index is 13.6. The van der Waals surface area contributed by atoms with E-state index in [1.807, 2.05) is 6.92 Å². The summed E-state index contributed by atoms with van der Waals surface area (Å²) in [7, 11) is -3.58. The number of ketones is 1. The van der Waals surface area contributed by atoms with Gasteiger partial charge in [0.25, 0.3) is 0 Å². The Labute approximate surface area is 207 Å². The first-order valence-electron chi connectivity index (χ1n) is 11.5. The third-order valence-electron chi connectivity index (χ3n) is 7.59.